The second-order valence-electron chi connectivity index (χ2n) is 5.67. The zero-order valence-electron chi connectivity index (χ0n) is 13.0. The smallest absolute Gasteiger partial charge is 0.257 e. The summed E-state index contributed by atoms with van der Waals surface area (Å²) < 4.78 is 19.0. The highest BCUT2D eigenvalue weighted by atomic mass is 35.5. The van der Waals surface area contributed by atoms with E-state index in [0.29, 0.717) is 11.4 Å². The van der Waals surface area contributed by atoms with Gasteiger partial charge in [-0.1, -0.05) is 17.7 Å². The molecule has 1 amide bonds. The average Bonchev–Trinajstić information content (AvgIpc) is 2.56. The first-order valence-electron chi connectivity index (χ1n) is 7.85. The van der Waals surface area contributed by atoms with E-state index in [9.17, 15) is 9.18 Å². The summed E-state index contributed by atoms with van der Waals surface area (Å²) in [4.78, 5) is 12.3. The number of carbonyl (C=O) groups excluding carboxylic acids is 1. The predicted molar refractivity (Wildman–Crippen MR) is 92.3 cm³/mol. The van der Waals surface area contributed by atoms with Crippen molar-refractivity contribution in [3.63, 3.8) is 0 Å². The molecule has 1 aliphatic rings. The van der Waals surface area contributed by atoms with Gasteiger partial charge in [-0.2, -0.15) is 0 Å². The number of nitrogens with one attached hydrogen (secondary N) is 2. The molecule has 1 heterocycles. The third kappa shape index (κ3) is 4.24. The van der Waals surface area contributed by atoms with Crippen LogP contribution in [0.3, 0.4) is 0 Å². The molecule has 3 rings (SSSR count). The Kier molecular flexibility index (Phi) is 5.33. The lowest BCUT2D eigenvalue weighted by Gasteiger charge is -2.24. The lowest BCUT2D eigenvalue weighted by Crippen LogP contribution is -2.34. The van der Waals surface area contributed by atoms with Crippen LogP contribution in [0.5, 0.6) is 5.75 Å². The van der Waals surface area contributed by atoms with Crippen molar-refractivity contribution in [2.24, 2.45) is 0 Å². The van der Waals surface area contributed by atoms with E-state index in [4.69, 9.17) is 16.3 Å². The van der Waals surface area contributed by atoms with Crippen molar-refractivity contribution < 1.29 is 13.9 Å². The summed E-state index contributed by atoms with van der Waals surface area (Å²) in [6.45, 7) is 1.90. The maximum atomic E-state index is 13.1. The summed E-state index contributed by atoms with van der Waals surface area (Å²) in [6, 6.07) is 10.9. The van der Waals surface area contributed by atoms with E-state index < -0.39 is 5.82 Å². The second kappa shape index (κ2) is 7.64. The Labute approximate surface area is 145 Å². The number of carbonyl (C=O) groups is 1. The number of anilines is 1. The molecule has 0 spiro atoms. The predicted octanol–water partition coefficient (Wildman–Crippen LogP) is 3.86. The molecule has 4 nitrogen and oxygen atoms in total. The van der Waals surface area contributed by atoms with Crippen LogP contribution in [0.2, 0.25) is 5.02 Å². The molecule has 0 radical (unpaired) electrons. The van der Waals surface area contributed by atoms with Crippen molar-refractivity contribution in [2.45, 2.75) is 18.9 Å². The van der Waals surface area contributed by atoms with Crippen LogP contribution in [0.15, 0.2) is 42.5 Å². The van der Waals surface area contributed by atoms with Crippen molar-refractivity contribution in [1.82, 2.24) is 5.32 Å². The van der Waals surface area contributed by atoms with Crippen molar-refractivity contribution in [1.29, 1.82) is 0 Å². The second-order valence-corrected chi connectivity index (χ2v) is 6.08. The molecule has 0 aromatic heterocycles. The van der Waals surface area contributed by atoms with Crippen LogP contribution in [-0.2, 0) is 0 Å². The summed E-state index contributed by atoms with van der Waals surface area (Å²) in [7, 11) is 0. The lowest BCUT2D eigenvalue weighted by atomic mass is 10.1. The molecule has 0 aliphatic carbocycles. The topological polar surface area (TPSA) is 50.4 Å². The van der Waals surface area contributed by atoms with Crippen LogP contribution < -0.4 is 15.4 Å². The van der Waals surface area contributed by atoms with Crippen molar-refractivity contribution in [2.75, 3.05) is 18.4 Å². The molecule has 2 N–H and O–H groups in total. The van der Waals surface area contributed by atoms with Crippen LogP contribution >= 0.6 is 11.6 Å². The number of hydrogen-bond donors (Lipinski definition) is 2. The van der Waals surface area contributed by atoms with E-state index in [1.165, 1.54) is 12.1 Å². The van der Waals surface area contributed by atoms with Gasteiger partial charge in [-0.25, -0.2) is 4.39 Å². The summed E-state index contributed by atoms with van der Waals surface area (Å²) in [6.07, 6.45) is 2.10. The van der Waals surface area contributed by atoms with Gasteiger partial charge in [0, 0.05) is 11.8 Å². The summed E-state index contributed by atoms with van der Waals surface area (Å²) in [5, 5.41) is 6.13. The fourth-order valence-electron chi connectivity index (χ4n) is 2.62. The number of ether oxygens (including phenoxy) is 1. The SMILES string of the molecule is O=C(Nc1cccc(OC2CCNCC2)c1)c1ccc(F)cc1Cl. The summed E-state index contributed by atoms with van der Waals surface area (Å²) in [5.74, 6) is -0.155. The van der Waals surface area contributed by atoms with E-state index in [1.807, 2.05) is 12.1 Å². The van der Waals surface area contributed by atoms with Gasteiger partial charge in [0.2, 0.25) is 0 Å². The maximum absolute atomic E-state index is 13.1. The van der Waals surface area contributed by atoms with Gasteiger partial charge in [0.05, 0.1) is 10.6 Å². The lowest BCUT2D eigenvalue weighted by molar-refractivity contribution is 0.102. The third-order valence-corrected chi connectivity index (χ3v) is 4.17. The Hall–Kier alpha value is -2.11. The number of rotatable bonds is 4. The van der Waals surface area contributed by atoms with Gasteiger partial charge >= 0.3 is 0 Å². The zero-order valence-corrected chi connectivity index (χ0v) is 13.8. The van der Waals surface area contributed by atoms with Crippen molar-refractivity contribution in [3.05, 3.63) is 58.9 Å². The highest BCUT2D eigenvalue weighted by Gasteiger charge is 2.15. The van der Waals surface area contributed by atoms with Gasteiger partial charge in [-0.05, 0) is 56.3 Å². The minimum Gasteiger partial charge on any atom is -0.490 e. The molecule has 2 aromatic rings. The first-order chi connectivity index (χ1) is 11.6. The van der Waals surface area contributed by atoms with E-state index in [-0.39, 0.29) is 22.6 Å². The molecule has 0 bridgehead atoms. The summed E-state index contributed by atoms with van der Waals surface area (Å²) >= 11 is 5.92. The third-order valence-electron chi connectivity index (χ3n) is 3.86. The minimum absolute atomic E-state index is 0.0783. The van der Waals surface area contributed by atoms with Gasteiger partial charge in [0.15, 0.2) is 0 Å². The molecule has 2 aromatic carbocycles. The number of benzene rings is 2. The Morgan fingerprint density at radius 3 is 2.75 bits per heavy atom. The number of amides is 1. The molecule has 0 unspecified atom stereocenters. The number of piperidine rings is 1. The van der Waals surface area contributed by atoms with Crippen LogP contribution in [0, 0.1) is 5.82 Å². The Morgan fingerprint density at radius 2 is 2.00 bits per heavy atom. The number of halogens is 2. The van der Waals surface area contributed by atoms with Crippen LogP contribution in [0.4, 0.5) is 10.1 Å². The molecule has 0 saturated carbocycles. The van der Waals surface area contributed by atoms with Crippen molar-refractivity contribution >= 4 is 23.2 Å². The molecular weight excluding hydrogens is 331 g/mol. The summed E-state index contributed by atoms with van der Waals surface area (Å²) in [5.41, 5.74) is 0.828. The highest BCUT2D eigenvalue weighted by molar-refractivity contribution is 6.34. The van der Waals surface area contributed by atoms with Gasteiger partial charge in [0.1, 0.15) is 17.7 Å². The fraction of sp³-hybridized carbons (Fsp3) is 0.278. The monoisotopic (exact) mass is 348 g/mol. The van der Waals surface area contributed by atoms with Crippen molar-refractivity contribution in [3.8, 4) is 5.75 Å². The standard InChI is InChI=1S/C18H18ClFN2O2/c19-17-10-12(20)4-5-16(17)18(23)22-13-2-1-3-15(11-13)24-14-6-8-21-9-7-14/h1-5,10-11,14,21H,6-9H2,(H,22,23). The molecule has 6 heteroatoms. The normalized spacial score (nSPS) is 15.1. The Morgan fingerprint density at radius 1 is 1.21 bits per heavy atom. The Bertz CT molecular complexity index is 733. The van der Waals surface area contributed by atoms with Gasteiger partial charge < -0.3 is 15.4 Å². The molecule has 1 aliphatic heterocycles. The molecule has 1 fully saturated rings. The molecule has 1 saturated heterocycles. The van der Waals surface area contributed by atoms with Crippen LogP contribution in [0.1, 0.15) is 23.2 Å². The van der Waals surface area contributed by atoms with E-state index in [1.54, 1.807) is 12.1 Å². The average molecular weight is 349 g/mol. The Balaban J connectivity index is 1.68. The minimum atomic E-state index is -0.478. The van der Waals surface area contributed by atoms with Crippen LogP contribution in [0.25, 0.3) is 0 Å². The molecule has 24 heavy (non-hydrogen) atoms. The van der Waals surface area contributed by atoms with Gasteiger partial charge in [-0.15, -0.1) is 0 Å². The first-order valence-corrected chi connectivity index (χ1v) is 8.23. The zero-order chi connectivity index (χ0) is 16.9. The van der Waals surface area contributed by atoms with E-state index in [2.05, 4.69) is 10.6 Å². The highest BCUT2D eigenvalue weighted by Crippen LogP contribution is 2.23. The van der Waals surface area contributed by atoms with E-state index >= 15 is 0 Å². The van der Waals surface area contributed by atoms with Gasteiger partial charge in [0.25, 0.3) is 5.91 Å². The maximum Gasteiger partial charge on any atom is 0.257 e. The number of hydrogen-bond acceptors (Lipinski definition) is 3. The molecule has 126 valence electrons. The van der Waals surface area contributed by atoms with E-state index in [0.717, 1.165) is 32.0 Å². The fourth-order valence-corrected chi connectivity index (χ4v) is 2.88. The molecular formula is C18H18ClFN2O2. The molecule has 0 atom stereocenters. The van der Waals surface area contributed by atoms with Gasteiger partial charge in [-0.3, -0.25) is 4.79 Å². The first kappa shape index (κ1) is 16.7. The largest absolute Gasteiger partial charge is 0.490 e. The quantitative estimate of drug-likeness (QED) is 0.882. The van der Waals surface area contributed by atoms with Crippen LogP contribution in [-0.4, -0.2) is 25.1 Å².